The fraction of sp³-hybridized carbons (Fsp3) is 0.310. The number of carbonyl (C=O) groups excluding carboxylic acids is 1. The van der Waals surface area contributed by atoms with Crippen molar-refractivity contribution in [3.63, 3.8) is 0 Å². The van der Waals surface area contributed by atoms with Gasteiger partial charge in [0.25, 0.3) is 0 Å². The van der Waals surface area contributed by atoms with Gasteiger partial charge in [0.2, 0.25) is 5.91 Å². The minimum Gasteiger partial charge on any atom is -0.354 e. The van der Waals surface area contributed by atoms with Crippen molar-refractivity contribution in [3.05, 3.63) is 107 Å². The quantitative estimate of drug-likeness (QED) is 0.391. The highest BCUT2D eigenvalue weighted by Gasteiger charge is 2.30. The number of amides is 1. The Morgan fingerprint density at radius 3 is 2.21 bits per heavy atom. The van der Waals surface area contributed by atoms with Crippen molar-refractivity contribution in [3.8, 4) is 5.69 Å². The molecule has 1 atom stereocenters. The zero-order valence-electron chi connectivity index (χ0n) is 21.8. The van der Waals surface area contributed by atoms with Gasteiger partial charge in [-0.15, -0.1) is 0 Å². The number of hydrogen-bond acceptors (Lipinski definition) is 6. The molecule has 0 spiro atoms. The maximum Gasteiger partial charge on any atom is 0.350 e. The van der Waals surface area contributed by atoms with Crippen molar-refractivity contribution in [2.75, 3.05) is 31.1 Å². The van der Waals surface area contributed by atoms with Crippen LogP contribution in [0.1, 0.15) is 37.1 Å². The van der Waals surface area contributed by atoms with Gasteiger partial charge in [0.1, 0.15) is 18.2 Å². The number of aromatic nitrogens is 4. The summed E-state index contributed by atoms with van der Waals surface area (Å²) in [4.78, 5) is 35.1. The van der Waals surface area contributed by atoms with Crippen molar-refractivity contribution < 1.29 is 4.79 Å². The summed E-state index contributed by atoms with van der Waals surface area (Å²) in [5.74, 6) is 0.853. The van der Waals surface area contributed by atoms with Gasteiger partial charge in [-0.2, -0.15) is 5.10 Å². The molecule has 0 saturated carbocycles. The number of nitrogens with one attached hydrogen (secondary N) is 1. The van der Waals surface area contributed by atoms with E-state index in [1.807, 2.05) is 86.6 Å². The Morgan fingerprint density at radius 1 is 0.921 bits per heavy atom. The summed E-state index contributed by atoms with van der Waals surface area (Å²) in [6.07, 6.45) is 3.24. The van der Waals surface area contributed by atoms with E-state index in [1.54, 1.807) is 6.20 Å². The minimum atomic E-state index is -0.359. The molecular formula is C29H33N7O2. The van der Waals surface area contributed by atoms with Crippen LogP contribution in [0.3, 0.4) is 0 Å². The number of benzene rings is 2. The number of pyridine rings is 1. The molecule has 1 amide bonds. The van der Waals surface area contributed by atoms with E-state index in [0.29, 0.717) is 12.2 Å². The number of carbonyl (C=O) groups is 1. The summed E-state index contributed by atoms with van der Waals surface area (Å²) < 4.78 is 2.96. The van der Waals surface area contributed by atoms with Crippen LogP contribution in [0.15, 0.2) is 90.1 Å². The summed E-state index contributed by atoms with van der Waals surface area (Å²) in [5, 5.41) is 7.32. The summed E-state index contributed by atoms with van der Waals surface area (Å²) in [6.45, 7) is 7.28. The van der Waals surface area contributed by atoms with Crippen molar-refractivity contribution >= 4 is 11.7 Å². The van der Waals surface area contributed by atoms with E-state index in [2.05, 4.69) is 25.2 Å². The smallest absolute Gasteiger partial charge is 0.350 e. The van der Waals surface area contributed by atoms with Crippen LogP contribution in [-0.4, -0.2) is 56.3 Å². The molecule has 1 aliphatic rings. The van der Waals surface area contributed by atoms with E-state index in [1.165, 1.54) is 15.6 Å². The monoisotopic (exact) mass is 511 g/mol. The van der Waals surface area contributed by atoms with Gasteiger partial charge in [-0.05, 0) is 37.1 Å². The van der Waals surface area contributed by atoms with E-state index in [-0.39, 0.29) is 23.7 Å². The molecule has 3 heterocycles. The van der Waals surface area contributed by atoms with Crippen LogP contribution < -0.4 is 15.9 Å². The van der Waals surface area contributed by atoms with Crippen molar-refractivity contribution in [1.82, 2.24) is 29.5 Å². The normalized spacial score (nSPS) is 15.0. The lowest BCUT2D eigenvalue weighted by Crippen LogP contribution is -2.51. The van der Waals surface area contributed by atoms with Gasteiger partial charge < -0.3 is 10.2 Å². The van der Waals surface area contributed by atoms with E-state index in [0.717, 1.165) is 43.1 Å². The Kier molecular flexibility index (Phi) is 7.65. The molecule has 5 rings (SSSR count). The Hall–Kier alpha value is -4.24. The summed E-state index contributed by atoms with van der Waals surface area (Å²) in [5.41, 5.74) is 2.57. The lowest BCUT2D eigenvalue weighted by Gasteiger charge is -2.39. The predicted octanol–water partition coefficient (Wildman–Crippen LogP) is 3.19. The second kappa shape index (κ2) is 11.4. The van der Waals surface area contributed by atoms with Gasteiger partial charge >= 0.3 is 5.69 Å². The van der Waals surface area contributed by atoms with Crippen molar-refractivity contribution in [2.24, 2.45) is 0 Å². The van der Waals surface area contributed by atoms with Gasteiger partial charge in [-0.1, -0.05) is 60.7 Å². The van der Waals surface area contributed by atoms with Crippen LogP contribution in [0.25, 0.3) is 5.69 Å². The average molecular weight is 512 g/mol. The van der Waals surface area contributed by atoms with Crippen LogP contribution >= 0.6 is 0 Å². The molecule has 1 saturated heterocycles. The van der Waals surface area contributed by atoms with Gasteiger partial charge in [0, 0.05) is 32.7 Å². The first-order chi connectivity index (χ1) is 18.5. The average Bonchev–Trinajstić information content (AvgIpc) is 3.35. The summed E-state index contributed by atoms with van der Waals surface area (Å²) in [6, 6.07) is 23.4. The number of anilines is 1. The molecule has 1 unspecified atom stereocenters. The second-order valence-electron chi connectivity index (χ2n) is 9.74. The third-order valence-electron chi connectivity index (χ3n) is 6.87. The van der Waals surface area contributed by atoms with Crippen LogP contribution in [0.5, 0.6) is 0 Å². The van der Waals surface area contributed by atoms with Crippen LogP contribution in [-0.2, 0) is 11.3 Å². The Balaban J connectivity index is 1.26. The highest BCUT2D eigenvalue weighted by molar-refractivity contribution is 5.83. The molecule has 9 heteroatoms. The largest absolute Gasteiger partial charge is 0.354 e. The zero-order chi connectivity index (χ0) is 26.5. The molecule has 9 nitrogen and oxygen atoms in total. The van der Waals surface area contributed by atoms with Crippen molar-refractivity contribution in [1.29, 1.82) is 0 Å². The van der Waals surface area contributed by atoms with Crippen molar-refractivity contribution in [2.45, 2.75) is 32.5 Å². The summed E-state index contributed by atoms with van der Waals surface area (Å²) in [7, 11) is 0. The second-order valence-corrected chi connectivity index (χ2v) is 9.74. The lowest BCUT2D eigenvalue weighted by atomic mass is 10.0. The Bertz CT molecular complexity index is 1390. The number of hydrogen-bond donors (Lipinski definition) is 1. The van der Waals surface area contributed by atoms with Crippen LogP contribution in [0, 0.1) is 0 Å². The van der Waals surface area contributed by atoms with Gasteiger partial charge in [0.15, 0.2) is 0 Å². The molecule has 1 N–H and O–H groups in total. The molecule has 2 aromatic carbocycles. The number of nitrogens with zero attached hydrogens (tertiary/aromatic N) is 6. The predicted molar refractivity (Wildman–Crippen MR) is 147 cm³/mol. The first-order valence-electron chi connectivity index (χ1n) is 13.0. The number of piperazine rings is 1. The first-order valence-corrected chi connectivity index (χ1v) is 13.0. The van der Waals surface area contributed by atoms with Crippen LogP contribution in [0.2, 0.25) is 0 Å². The van der Waals surface area contributed by atoms with Gasteiger partial charge in [0.05, 0.1) is 17.9 Å². The molecule has 2 aromatic heterocycles. The molecule has 1 fully saturated rings. The van der Waals surface area contributed by atoms with E-state index < -0.39 is 0 Å². The third kappa shape index (κ3) is 5.52. The Labute approximate surface area is 222 Å². The molecule has 4 aromatic rings. The maximum atomic E-state index is 13.4. The number of rotatable bonds is 8. The zero-order valence-corrected chi connectivity index (χ0v) is 21.8. The van der Waals surface area contributed by atoms with Gasteiger partial charge in [-0.3, -0.25) is 9.69 Å². The van der Waals surface area contributed by atoms with Gasteiger partial charge in [-0.25, -0.2) is 19.0 Å². The minimum absolute atomic E-state index is 0.00312. The fourth-order valence-electron chi connectivity index (χ4n) is 4.81. The molecule has 38 heavy (non-hydrogen) atoms. The topological polar surface area (TPSA) is 88.3 Å². The fourth-order valence-corrected chi connectivity index (χ4v) is 4.81. The highest BCUT2D eigenvalue weighted by atomic mass is 16.2. The maximum absolute atomic E-state index is 13.4. The Morgan fingerprint density at radius 2 is 1.61 bits per heavy atom. The van der Waals surface area contributed by atoms with E-state index in [4.69, 9.17) is 0 Å². The van der Waals surface area contributed by atoms with E-state index in [9.17, 15) is 9.59 Å². The molecular weight excluding hydrogens is 478 g/mol. The molecule has 0 bridgehead atoms. The van der Waals surface area contributed by atoms with E-state index >= 15 is 0 Å². The van der Waals surface area contributed by atoms with Crippen LogP contribution in [0.4, 0.5) is 5.82 Å². The lowest BCUT2D eigenvalue weighted by molar-refractivity contribution is -0.127. The highest BCUT2D eigenvalue weighted by Crippen LogP contribution is 2.24. The first kappa shape index (κ1) is 25.4. The molecule has 0 aliphatic carbocycles. The SMILES string of the molecule is CC(C)n1ncn(-c2ccc(N3CCN(C(C(=O)NCc4ccccc4)c4ccccc4)CC3)nc2)c1=O. The molecule has 1 aliphatic heterocycles. The molecule has 0 radical (unpaired) electrons. The summed E-state index contributed by atoms with van der Waals surface area (Å²) >= 11 is 0. The molecule has 196 valence electrons. The standard InChI is InChI=1S/C29H33N7O2/c1-22(2)36-29(38)35(21-32-36)25-13-14-26(30-20-25)33-15-17-34(18-16-33)27(24-11-7-4-8-12-24)28(37)31-19-23-9-5-3-6-10-23/h3-14,20-22,27H,15-19H2,1-2H3,(H,31,37). The third-order valence-corrected chi connectivity index (χ3v) is 6.87.